The Morgan fingerprint density at radius 2 is 2.03 bits per heavy atom. The third kappa shape index (κ3) is 6.40. The predicted octanol–water partition coefficient (Wildman–Crippen LogP) is 2.05. The van der Waals surface area contributed by atoms with Crippen LogP contribution in [0.5, 0.6) is 5.75 Å². The third-order valence-electron chi connectivity index (χ3n) is 4.99. The number of ether oxygens (including phenoxy) is 2. The van der Waals surface area contributed by atoms with Gasteiger partial charge in [-0.05, 0) is 37.1 Å². The molecule has 0 radical (unpaired) electrons. The van der Waals surface area contributed by atoms with E-state index >= 15 is 0 Å². The molecule has 0 aliphatic carbocycles. The first-order chi connectivity index (χ1) is 14.4. The van der Waals surface area contributed by atoms with Gasteiger partial charge in [-0.25, -0.2) is 4.79 Å². The molecule has 1 amide bonds. The minimum absolute atomic E-state index is 0.110. The lowest BCUT2D eigenvalue weighted by atomic mass is 9.66. The van der Waals surface area contributed by atoms with Gasteiger partial charge >= 0.3 is 19.1 Å². The molecule has 0 saturated heterocycles. The SMILES string of the molecule is CCC(CC)C(=O)OCOC(=O)c1cccc2c1OB(O)[C@@H](CNC(=O)CSC)C2. The maximum absolute atomic E-state index is 12.4. The first kappa shape index (κ1) is 24.1. The van der Waals surface area contributed by atoms with Gasteiger partial charge in [-0.2, -0.15) is 11.8 Å². The first-order valence-electron chi connectivity index (χ1n) is 9.97. The fourth-order valence-electron chi connectivity index (χ4n) is 3.20. The average molecular weight is 437 g/mol. The highest BCUT2D eigenvalue weighted by atomic mass is 32.2. The van der Waals surface area contributed by atoms with Crippen molar-refractivity contribution in [2.75, 3.05) is 25.3 Å². The number of thioether (sulfide) groups is 1. The lowest BCUT2D eigenvalue weighted by Gasteiger charge is -2.28. The summed E-state index contributed by atoms with van der Waals surface area (Å²) in [6, 6.07) is 5.01. The van der Waals surface area contributed by atoms with Crippen LogP contribution in [0.2, 0.25) is 5.82 Å². The summed E-state index contributed by atoms with van der Waals surface area (Å²) in [6.07, 6.45) is 3.57. The van der Waals surface area contributed by atoms with Crippen molar-refractivity contribution in [3.8, 4) is 5.75 Å². The van der Waals surface area contributed by atoms with Crippen LogP contribution in [0.1, 0.15) is 42.6 Å². The Labute approximate surface area is 181 Å². The first-order valence-corrected chi connectivity index (χ1v) is 11.4. The number of para-hydroxylation sites is 1. The number of nitrogens with one attached hydrogen (secondary N) is 1. The van der Waals surface area contributed by atoms with Crippen LogP contribution < -0.4 is 9.97 Å². The summed E-state index contributed by atoms with van der Waals surface area (Å²) < 4.78 is 15.7. The van der Waals surface area contributed by atoms with Gasteiger partial charge in [0.15, 0.2) is 0 Å². The van der Waals surface area contributed by atoms with Crippen LogP contribution in [0.3, 0.4) is 0 Å². The van der Waals surface area contributed by atoms with Gasteiger partial charge in [-0.3, -0.25) is 9.59 Å². The van der Waals surface area contributed by atoms with Crippen LogP contribution in [-0.2, 0) is 25.5 Å². The van der Waals surface area contributed by atoms with E-state index in [4.69, 9.17) is 14.1 Å². The third-order valence-corrected chi connectivity index (χ3v) is 5.54. The maximum Gasteiger partial charge on any atom is 0.528 e. The Morgan fingerprint density at radius 1 is 1.30 bits per heavy atom. The minimum Gasteiger partial charge on any atom is -0.535 e. The lowest BCUT2D eigenvalue weighted by Crippen LogP contribution is -2.41. The minimum atomic E-state index is -1.17. The monoisotopic (exact) mass is 437 g/mol. The van der Waals surface area contributed by atoms with Gasteiger partial charge in [0.2, 0.25) is 12.7 Å². The van der Waals surface area contributed by atoms with E-state index in [9.17, 15) is 19.4 Å². The largest absolute Gasteiger partial charge is 0.535 e. The number of hydrogen-bond donors (Lipinski definition) is 2. The van der Waals surface area contributed by atoms with Gasteiger partial charge in [0.1, 0.15) is 11.3 Å². The number of carbonyl (C=O) groups excluding carboxylic acids is 3. The Morgan fingerprint density at radius 3 is 2.70 bits per heavy atom. The molecule has 1 aliphatic heterocycles. The molecule has 0 saturated carbocycles. The highest BCUT2D eigenvalue weighted by molar-refractivity contribution is 7.99. The van der Waals surface area contributed by atoms with Crippen LogP contribution >= 0.6 is 11.8 Å². The summed E-state index contributed by atoms with van der Waals surface area (Å²) in [6.45, 7) is 3.56. The molecule has 0 fully saturated rings. The quantitative estimate of drug-likeness (QED) is 0.325. The van der Waals surface area contributed by atoms with Crippen LogP contribution in [-0.4, -0.2) is 55.3 Å². The van der Waals surface area contributed by atoms with Crippen molar-refractivity contribution in [3.05, 3.63) is 29.3 Å². The van der Waals surface area contributed by atoms with Gasteiger partial charge < -0.3 is 24.5 Å². The van der Waals surface area contributed by atoms with Gasteiger partial charge in [0, 0.05) is 12.4 Å². The van der Waals surface area contributed by atoms with Gasteiger partial charge in [-0.15, -0.1) is 0 Å². The molecule has 1 aliphatic rings. The molecule has 10 heteroatoms. The second kappa shape index (κ2) is 11.9. The number of amides is 1. The molecule has 8 nitrogen and oxygen atoms in total. The number of fused-ring (bicyclic) bond motifs is 1. The highest BCUT2D eigenvalue weighted by Gasteiger charge is 2.37. The molecule has 0 spiro atoms. The second-order valence-electron chi connectivity index (χ2n) is 7.03. The molecule has 1 atom stereocenters. The molecule has 1 aromatic carbocycles. The van der Waals surface area contributed by atoms with E-state index in [1.54, 1.807) is 12.1 Å². The van der Waals surface area contributed by atoms with Crippen molar-refractivity contribution < 1.29 is 33.5 Å². The van der Waals surface area contributed by atoms with Crippen LogP contribution in [0.25, 0.3) is 0 Å². The zero-order valence-electron chi connectivity index (χ0n) is 17.5. The maximum atomic E-state index is 12.4. The fourth-order valence-corrected chi connectivity index (χ4v) is 3.57. The summed E-state index contributed by atoms with van der Waals surface area (Å²) >= 11 is 1.41. The Hall–Kier alpha value is -2.20. The zero-order chi connectivity index (χ0) is 22.1. The molecule has 1 heterocycles. The van der Waals surface area contributed by atoms with Gasteiger partial charge in [0.25, 0.3) is 0 Å². The molecule has 2 rings (SSSR count). The van der Waals surface area contributed by atoms with Crippen molar-refractivity contribution in [2.45, 2.75) is 38.9 Å². The predicted molar refractivity (Wildman–Crippen MR) is 114 cm³/mol. The summed E-state index contributed by atoms with van der Waals surface area (Å²) in [5, 5.41) is 13.1. The number of esters is 2. The van der Waals surface area contributed by atoms with Crippen molar-refractivity contribution in [2.24, 2.45) is 5.92 Å². The summed E-state index contributed by atoms with van der Waals surface area (Å²) in [4.78, 5) is 36.0. The van der Waals surface area contributed by atoms with E-state index in [0.717, 1.165) is 5.56 Å². The number of hydrogen-bond acceptors (Lipinski definition) is 8. The Kier molecular flexibility index (Phi) is 9.51. The molecule has 164 valence electrons. The van der Waals surface area contributed by atoms with Gasteiger partial charge in [0.05, 0.1) is 11.7 Å². The zero-order valence-corrected chi connectivity index (χ0v) is 18.3. The molecule has 0 unspecified atom stereocenters. The van der Waals surface area contributed by atoms with E-state index in [1.807, 2.05) is 20.1 Å². The average Bonchev–Trinajstić information content (AvgIpc) is 2.72. The molecule has 2 N–H and O–H groups in total. The van der Waals surface area contributed by atoms with E-state index in [2.05, 4.69) is 5.32 Å². The molecule has 0 aromatic heterocycles. The smallest absolute Gasteiger partial charge is 0.528 e. The Bertz CT molecular complexity index is 757. The summed E-state index contributed by atoms with van der Waals surface area (Å²) in [5.74, 6) is -1.19. The molecular weight excluding hydrogens is 409 g/mol. The van der Waals surface area contributed by atoms with Gasteiger partial charge in [-0.1, -0.05) is 26.0 Å². The standard InChI is InChI=1S/C20H28BNO7S/c1-4-13(5-2)19(24)27-12-28-20(25)16-8-6-7-14-9-15(21(26)29-18(14)16)10-22-17(23)11-30-3/h6-8,13,15,26H,4-5,9-12H2,1-3H3,(H,22,23)/t15-/m1/s1. The van der Waals surface area contributed by atoms with E-state index in [-0.39, 0.29) is 35.5 Å². The fraction of sp³-hybridized carbons (Fsp3) is 0.550. The van der Waals surface area contributed by atoms with E-state index in [1.165, 1.54) is 17.8 Å². The topological polar surface area (TPSA) is 111 Å². The van der Waals surface area contributed by atoms with Crippen LogP contribution in [0.4, 0.5) is 0 Å². The summed E-state index contributed by atoms with van der Waals surface area (Å²) in [7, 11) is -1.17. The van der Waals surface area contributed by atoms with Crippen molar-refractivity contribution in [3.63, 3.8) is 0 Å². The summed E-state index contributed by atoms with van der Waals surface area (Å²) in [5.41, 5.74) is 0.878. The highest BCUT2D eigenvalue weighted by Crippen LogP contribution is 2.34. The molecule has 30 heavy (non-hydrogen) atoms. The van der Waals surface area contributed by atoms with Crippen LogP contribution in [0, 0.1) is 5.92 Å². The van der Waals surface area contributed by atoms with Crippen molar-refractivity contribution in [1.82, 2.24) is 5.32 Å². The number of benzene rings is 1. The normalized spacial score (nSPS) is 15.2. The van der Waals surface area contributed by atoms with E-state index < -0.39 is 25.8 Å². The molecule has 0 bridgehead atoms. The number of carbonyl (C=O) groups is 3. The van der Waals surface area contributed by atoms with E-state index in [0.29, 0.717) is 25.0 Å². The number of rotatable bonds is 10. The Balaban J connectivity index is 1.97. The van der Waals surface area contributed by atoms with Crippen LogP contribution in [0.15, 0.2) is 18.2 Å². The molecular formula is C20H28BNO7S. The lowest BCUT2D eigenvalue weighted by molar-refractivity contribution is -0.157. The van der Waals surface area contributed by atoms with Crippen molar-refractivity contribution in [1.29, 1.82) is 0 Å². The second-order valence-corrected chi connectivity index (χ2v) is 7.90. The van der Waals surface area contributed by atoms with Crippen molar-refractivity contribution >= 4 is 36.7 Å². The molecule has 1 aromatic rings.